The highest BCUT2D eigenvalue weighted by Gasteiger charge is 2.38. The van der Waals surface area contributed by atoms with Crippen LogP contribution in [-0.4, -0.2) is 17.9 Å². The van der Waals surface area contributed by atoms with Crippen molar-refractivity contribution in [3.8, 4) is 0 Å². The normalized spacial score (nSPS) is 18.8. The van der Waals surface area contributed by atoms with Crippen molar-refractivity contribution >= 4 is 11.5 Å². The van der Waals surface area contributed by atoms with Crippen molar-refractivity contribution in [2.75, 3.05) is 11.4 Å². The van der Waals surface area contributed by atoms with Gasteiger partial charge in [0.1, 0.15) is 0 Å². The maximum Gasteiger partial charge on any atom is 0.154 e. The predicted octanol–water partition coefficient (Wildman–Crippen LogP) is 3.68. The van der Waals surface area contributed by atoms with E-state index in [1.807, 2.05) is 0 Å². The van der Waals surface area contributed by atoms with Gasteiger partial charge in [-0.15, -0.1) is 0 Å². The Morgan fingerprint density at radius 3 is 2.44 bits per heavy atom. The van der Waals surface area contributed by atoms with E-state index >= 15 is 0 Å². The Morgan fingerprint density at radius 2 is 1.94 bits per heavy atom. The highest BCUT2D eigenvalue weighted by Crippen LogP contribution is 2.38. The molecule has 1 fully saturated rings. The number of benzene rings is 1. The number of aryl methyl sites for hydroxylation is 1. The number of carbonyl (C=O) groups is 1. The zero-order valence-corrected chi connectivity index (χ0v) is 12.1. The van der Waals surface area contributed by atoms with Gasteiger partial charge in [0.2, 0.25) is 0 Å². The van der Waals surface area contributed by atoms with E-state index in [-0.39, 0.29) is 5.54 Å². The fourth-order valence-corrected chi connectivity index (χ4v) is 2.92. The van der Waals surface area contributed by atoms with Crippen molar-refractivity contribution in [1.82, 2.24) is 0 Å². The Labute approximate surface area is 110 Å². The first kappa shape index (κ1) is 13.1. The van der Waals surface area contributed by atoms with Crippen LogP contribution in [0.2, 0.25) is 0 Å². The van der Waals surface area contributed by atoms with Crippen LogP contribution in [0.5, 0.6) is 0 Å². The van der Waals surface area contributed by atoms with Crippen LogP contribution < -0.4 is 4.90 Å². The van der Waals surface area contributed by atoms with Crippen LogP contribution >= 0.6 is 0 Å². The highest BCUT2D eigenvalue weighted by atomic mass is 16.1. The summed E-state index contributed by atoms with van der Waals surface area (Å²) in [5, 5.41) is 0. The molecule has 2 nitrogen and oxygen atoms in total. The fraction of sp³-hybridized carbons (Fsp3) is 0.562. The molecule has 0 amide bonds. The lowest BCUT2D eigenvalue weighted by Gasteiger charge is -2.36. The fourth-order valence-electron chi connectivity index (χ4n) is 2.92. The molecule has 1 saturated heterocycles. The van der Waals surface area contributed by atoms with Gasteiger partial charge in [-0.25, -0.2) is 0 Å². The average Bonchev–Trinajstić information content (AvgIpc) is 2.51. The number of hydrogen-bond acceptors (Lipinski definition) is 2. The van der Waals surface area contributed by atoms with Gasteiger partial charge in [-0.05, 0) is 37.8 Å². The van der Waals surface area contributed by atoms with Gasteiger partial charge >= 0.3 is 0 Å². The van der Waals surface area contributed by atoms with Gasteiger partial charge in [-0.3, -0.25) is 4.79 Å². The Bertz CT molecular complexity index is 474. The summed E-state index contributed by atoms with van der Waals surface area (Å²) < 4.78 is 0. The summed E-state index contributed by atoms with van der Waals surface area (Å²) in [4.78, 5) is 14.1. The summed E-state index contributed by atoms with van der Waals surface area (Å²) in [7, 11) is 0. The molecule has 0 spiro atoms. The first-order valence-electron chi connectivity index (χ1n) is 6.72. The standard InChI is InChI=1S/C16H23NO/c1-11(2)14-8-6-7-12(3)15(14)17-10-13(18)9-16(17,4)5/h6-8,11H,9-10H2,1-5H3. The molecule has 1 aliphatic rings. The third kappa shape index (κ3) is 2.16. The number of carbonyl (C=O) groups excluding carboxylic acids is 1. The molecule has 0 radical (unpaired) electrons. The monoisotopic (exact) mass is 245 g/mol. The zero-order valence-electron chi connectivity index (χ0n) is 12.1. The SMILES string of the molecule is Cc1cccc(C(C)C)c1N1CC(=O)CC1(C)C. The summed E-state index contributed by atoms with van der Waals surface area (Å²) >= 11 is 0. The van der Waals surface area contributed by atoms with Crippen molar-refractivity contribution in [2.24, 2.45) is 0 Å². The molecule has 0 aromatic heterocycles. The summed E-state index contributed by atoms with van der Waals surface area (Å²) in [5.41, 5.74) is 3.82. The number of hydrogen-bond donors (Lipinski definition) is 0. The molecular formula is C16H23NO. The highest BCUT2D eigenvalue weighted by molar-refractivity contribution is 5.90. The van der Waals surface area contributed by atoms with Crippen molar-refractivity contribution < 1.29 is 4.79 Å². The van der Waals surface area contributed by atoms with Gasteiger partial charge in [0.05, 0.1) is 6.54 Å². The van der Waals surface area contributed by atoms with E-state index in [9.17, 15) is 4.79 Å². The molecule has 1 heterocycles. The van der Waals surface area contributed by atoms with E-state index in [0.29, 0.717) is 24.7 Å². The molecule has 1 aliphatic heterocycles. The minimum Gasteiger partial charge on any atom is -0.358 e. The van der Waals surface area contributed by atoms with E-state index in [1.165, 1.54) is 16.8 Å². The van der Waals surface area contributed by atoms with E-state index in [4.69, 9.17) is 0 Å². The molecule has 1 aromatic carbocycles. The smallest absolute Gasteiger partial charge is 0.154 e. The van der Waals surface area contributed by atoms with Crippen LogP contribution in [0.1, 0.15) is 51.2 Å². The van der Waals surface area contributed by atoms with Gasteiger partial charge in [-0.1, -0.05) is 32.0 Å². The summed E-state index contributed by atoms with van der Waals surface area (Å²) in [5.74, 6) is 0.823. The Hall–Kier alpha value is -1.31. The van der Waals surface area contributed by atoms with E-state index in [2.05, 4.69) is 57.7 Å². The van der Waals surface area contributed by atoms with E-state index in [0.717, 1.165) is 0 Å². The van der Waals surface area contributed by atoms with Crippen LogP contribution in [0.25, 0.3) is 0 Å². The van der Waals surface area contributed by atoms with Crippen LogP contribution in [-0.2, 0) is 4.79 Å². The van der Waals surface area contributed by atoms with Gasteiger partial charge < -0.3 is 4.90 Å². The lowest BCUT2D eigenvalue weighted by molar-refractivity contribution is -0.116. The quantitative estimate of drug-likeness (QED) is 0.792. The van der Waals surface area contributed by atoms with Crippen molar-refractivity contribution in [3.05, 3.63) is 29.3 Å². The molecule has 0 N–H and O–H groups in total. The molecule has 2 rings (SSSR count). The number of para-hydroxylation sites is 1. The molecule has 18 heavy (non-hydrogen) atoms. The molecule has 1 aromatic rings. The summed E-state index contributed by atoms with van der Waals surface area (Å²) in [6.07, 6.45) is 0.652. The van der Waals surface area contributed by atoms with Crippen LogP contribution in [0.15, 0.2) is 18.2 Å². The molecule has 0 aliphatic carbocycles. The molecule has 0 atom stereocenters. The zero-order chi connectivity index (χ0) is 13.5. The Morgan fingerprint density at radius 1 is 1.28 bits per heavy atom. The Balaban J connectivity index is 2.54. The number of anilines is 1. The first-order chi connectivity index (χ1) is 8.33. The number of nitrogens with zero attached hydrogens (tertiary/aromatic N) is 1. The number of rotatable bonds is 2. The number of ketones is 1. The molecule has 0 saturated carbocycles. The maximum absolute atomic E-state index is 11.8. The summed E-state index contributed by atoms with van der Waals surface area (Å²) in [6.45, 7) is 11.4. The minimum atomic E-state index is -0.0627. The lowest BCUT2D eigenvalue weighted by atomic mass is 9.94. The van der Waals surface area contributed by atoms with Gasteiger partial charge in [0.15, 0.2) is 5.78 Å². The number of Topliss-reactive ketones (excluding diaryl/α,β-unsaturated/α-hetero) is 1. The lowest BCUT2D eigenvalue weighted by Crippen LogP contribution is -2.39. The van der Waals surface area contributed by atoms with Crippen LogP contribution in [0.4, 0.5) is 5.69 Å². The van der Waals surface area contributed by atoms with Crippen molar-refractivity contribution in [2.45, 2.75) is 52.5 Å². The van der Waals surface area contributed by atoms with E-state index < -0.39 is 0 Å². The minimum absolute atomic E-state index is 0.0627. The molecule has 2 heteroatoms. The average molecular weight is 245 g/mol. The second kappa shape index (κ2) is 4.42. The topological polar surface area (TPSA) is 20.3 Å². The maximum atomic E-state index is 11.8. The molecule has 0 bridgehead atoms. The third-order valence-corrected chi connectivity index (χ3v) is 3.86. The van der Waals surface area contributed by atoms with Crippen molar-refractivity contribution in [3.63, 3.8) is 0 Å². The van der Waals surface area contributed by atoms with Crippen LogP contribution in [0.3, 0.4) is 0 Å². The third-order valence-electron chi connectivity index (χ3n) is 3.86. The van der Waals surface area contributed by atoms with Crippen molar-refractivity contribution in [1.29, 1.82) is 0 Å². The second-order valence-corrected chi connectivity index (χ2v) is 6.28. The van der Waals surface area contributed by atoms with Gasteiger partial charge in [0.25, 0.3) is 0 Å². The molecular weight excluding hydrogens is 222 g/mol. The Kier molecular flexibility index (Phi) is 3.22. The largest absolute Gasteiger partial charge is 0.358 e. The van der Waals surface area contributed by atoms with E-state index in [1.54, 1.807) is 0 Å². The molecule has 98 valence electrons. The first-order valence-corrected chi connectivity index (χ1v) is 6.72. The summed E-state index contributed by atoms with van der Waals surface area (Å²) in [6, 6.07) is 6.44. The van der Waals surface area contributed by atoms with Crippen LogP contribution in [0, 0.1) is 6.92 Å². The van der Waals surface area contributed by atoms with Gasteiger partial charge in [-0.2, -0.15) is 0 Å². The molecule has 0 unspecified atom stereocenters. The predicted molar refractivity (Wildman–Crippen MR) is 76.3 cm³/mol. The second-order valence-electron chi connectivity index (χ2n) is 6.28. The van der Waals surface area contributed by atoms with Gasteiger partial charge in [0, 0.05) is 17.6 Å².